The number of anilines is 1. The lowest BCUT2D eigenvalue weighted by Crippen LogP contribution is -2.46. The van der Waals surface area contributed by atoms with E-state index in [-0.39, 0.29) is 24.1 Å². The van der Waals surface area contributed by atoms with E-state index in [4.69, 9.17) is 21.3 Å². The van der Waals surface area contributed by atoms with Crippen LogP contribution >= 0.6 is 11.6 Å². The van der Waals surface area contributed by atoms with E-state index in [1.807, 2.05) is 0 Å². The zero-order valence-corrected chi connectivity index (χ0v) is 21.7. The molecule has 0 aromatic carbocycles. The Bertz CT molecular complexity index is 1100. The maximum atomic E-state index is 13.1. The summed E-state index contributed by atoms with van der Waals surface area (Å²) >= 11 is 6.34. The van der Waals surface area contributed by atoms with E-state index in [9.17, 15) is 14.7 Å². The number of unbranched alkanes of at least 4 members (excludes halogenated alkanes) is 1. The molecule has 1 aliphatic heterocycles. The fraction of sp³-hybridized carbons (Fsp3) is 0.577. The van der Waals surface area contributed by atoms with E-state index in [1.54, 1.807) is 13.8 Å². The van der Waals surface area contributed by atoms with Crippen LogP contribution in [0.15, 0.2) is 12.1 Å². The standard InChI is InChI=1S/C26H34ClN5O4/c1-16-21(22(27)30-17(2)29-16)26(11-12-26)25(35)32-20(24(33)34)10-15-36-14-4-3-7-19-9-8-18-6-5-13-28-23(18)31-19/h8-9,20H,3-7,10-15H2,1-2H3,(H,28,31)(H,32,35)(H,33,34)/t20-/m0/s1. The van der Waals surface area contributed by atoms with Crippen molar-refractivity contribution in [1.29, 1.82) is 0 Å². The minimum Gasteiger partial charge on any atom is -0.480 e. The van der Waals surface area contributed by atoms with Gasteiger partial charge in [0.2, 0.25) is 5.91 Å². The second kappa shape index (κ2) is 11.5. The van der Waals surface area contributed by atoms with Gasteiger partial charge in [-0.25, -0.2) is 19.7 Å². The fourth-order valence-electron chi connectivity index (χ4n) is 4.81. The van der Waals surface area contributed by atoms with Crippen molar-refractivity contribution in [2.24, 2.45) is 0 Å². The lowest BCUT2D eigenvalue weighted by Gasteiger charge is -2.22. The number of pyridine rings is 1. The molecule has 1 amide bonds. The highest BCUT2D eigenvalue weighted by atomic mass is 35.5. The number of fused-ring (bicyclic) bond motifs is 1. The predicted octanol–water partition coefficient (Wildman–Crippen LogP) is 3.53. The molecule has 1 aliphatic carbocycles. The second-order valence-electron chi connectivity index (χ2n) is 9.67. The van der Waals surface area contributed by atoms with Crippen molar-refractivity contribution in [3.05, 3.63) is 45.6 Å². The average Bonchev–Trinajstić information content (AvgIpc) is 3.63. The number of hydrogen-bond donors (Lipinski definition) is 3. The highest BCUT2D eigenvalue weighted by Gasteiger charge is 2.54. The summed E-state index contributed by atoms with van der Waals surface area (Å²) in [5, 5.41) is 15.9. The van der Waals surface area contributed by atoms with E-state index < -0.39 is 17.4 Å². The third kappa shape index (κ3) is 6.13. The van der Waals surface area contributed by atoms with Crippen LogP contribution in [-0.2, 0) is 32.6 Å². The van der Waals surface area contributed by atoms with E-state index in [2.05, 4.69) is 32.7 Å². The van der Waals surface area contributed by atoms with Gasteiger partial charge >= 0.3 is 5.97 Å². The van der Waals surface area contributed by atoms with E-state index in [0.29, 0.717) is 36.5 Å². The van der Waals surface area contributed by atoms with Gasteiger partial charge in [-0.15, -0.1) is 0 Å². The summed E-state index contributed by atoms with van der Waals surface area (Å²) < 4.78 is 5.67. The van der Waals surface area contributed by atoms with Crippen molar-refractivity contribution in [2.75, 3.05) is 25.1 Å². The number of aliphatic carboxylic acids is 1. The Hall–Kier alpha value is -2.78. The highest BCUT2D eigenvalue weighted by molar-refractivity contribution is 6.30. The SMILES string of the molecule is Cc1nc(C)c(C2(C(=O)N[C@@H](CCOCCCCc3ccc4c(n3)NCCC4)C(=O)O)CC2)c(Cl)n1. The molecule has 0 spiro atoms. The molecule has 2 aromatic heterocycles. The van der Waals surface area contributed by atoms with E-state index in [0.717, 1.165) is 50.2 Å². The zero-order valence-electron chi connectivity index (χ0n) is 20.9. The molecule has 9 nitrogen and oxygen atoms in total. The molecule has 1 fully saturated rings. The van der Waals surface area contributed by atoms with Gasteiger partial charge in [-0.05, 0) is 70.4 Å². The Morgan fingerprint density at radius 1 is 1.19 bits per heavy atom. The number of aryl methyl sites for hydroxylation is 4. The zero-order chi connectivity index (χ0) is 25.7. The first kappa shape index (κ1) is 26.3. The number of halogens is 1. The molecule has 194 valence electrons. The van der Waals surface area contributed by atoms with Gasteiger partial charge in [0.25, 0.3) is 0 Å². The van der Waals surface area contributed by atoms with Gasteiger partial charge in [0.1, 0.15) is 22.8 Å². The van der Waals surface area contributed by atoms with Crippen molar-refractivity contribution >= 4 is 29.3 Å². The molecular weight excluding hydrogens is 482 g/mol. The number of aromatic nitrogens is 3. The maximum Gasteiger partial charge on any atom is 0.326 e. The lowest BCUT2D eigenvalue weighted by atomic mass is 9.94. The Morgan fingerprint density at radius 2 is 2.00 bits per heavy atom. The van der Waals surface area contributed by atoms with Crippen molar-refractivity contribution in [1.82, 2.24) is 20.3 Å². The predicted molar refractivity (Wildman–Crippen MR) is 136 cm³/mol. The number of nitrogens with zero attached hydrogens (tertiary/aromatic N) is 3. The van der Waals surface area contributed by atoms with Crippen LogP contribution in [0.4, 0.5) is 5.82 Å². The minimum absolute atomic E-state index is 0.187. The molecule has 3 N–H and O–H groups in total. The largest absolute Gasteiger partial charge is 0.480 e. The molecule has 36 heavy (non-hydrogen) atoms. The number of rotatable bonds is 12. The number of carbonyl (C=O) groups excluding carboxylic acids is 1. The van der Waals surface area contributed by atoms with E-state index in [1.165, 1.54) is 5.56 Å². The molecule has 1 saturated carbocycles. The summed E-state index contributed by atoms with van der Waals surface area (Å²) in [4.78, 5) is 38.1. The van der Waals surface area contributed by atoms with Crippen LogP contribution in [0.3, 0.4) is 0 Å². The Morgan fingerprint density at radius 3 is 2.72 bits per heavy atom. The van der Waals surface area contributed by atoms with Crippen molar-refractivity contribution in [3.8, 4) is 0 Å². The van der Waals surface area contributed by atoms with Crippen molar-refractivity contribution in [3.63, 3.8) is 0 Å². The summed E-state index contributed by atoms with van der Waals surface area (Å²) in [6, 6.07) is 3.22. The molecule has 1 atom stereocenters. The minimum atomic E-state index is -1.09. The van der Waals surface area contributed by atoms with Crippen LogP contribution < -0.4 is 10.6 Å². The molecule has 2 aromatic rings. The van der Waals surface area contributed by atoms with Gasteiger partial charge in [-0.2, -0.15) is 0 Å². The number of nitrogens with one attached hydrogen (secondary N) is 2. The van der Waals surface area contributed by atoms with Gasteiger partial charge in [-0.3, -0.25) is 4.79 Å². The quantitative estimate of drug-likeness (QED) is 0.289. The summed E-state index contributed by atoms with van der Waals surface area (Å²) in [7, 11) is 0. The number of amides is 1. The highest BCUT2D eigenvalue weighted by Crippen LogP contribution is 2.51. The number of carboxylic acids is 1. The van der Waals surface area contributed by atoms with Crippen LogP contribution in [0.2, 0.25) is 5.15 Å². The molecular formula is C26H34ClN5O4. The Kier molecular flexibility index (Phi) is 8.41. The Labute approximate surface area is 216 Å². The van der Waals surface area contributed by atoms with Crippen LogP contribution in [0.1, 0.15) is 66.9 Å². The van der Waals surface area contributed by atoms with Gasteiger partial charge < -0.3 is 20.5 Å². The fourth-order valence-corrected chi connectivity index (χ4v) is 5.25. The monoisotopic (exact) mass is 515 g/mol. The lowest BCUT2D eigenvalue weighted by molar-refractivity contribution is -0.142. The van der Waals surface area contributed by atoms with Gasteiger partial charge in [0.05, 0.1) is 5.41 Å². The van der Waals surface area contributed by atoms with Crippen molar-refractivity contribution < 1.29 is 19.4 Å². The molecule has 0 radical (unpaired) electrons. The number of carbonyl (C=O) groups is 2. The van der Waals surface area contributed by atoms with Gasteiger partial charge in [-0.1, -0.05) is 17.7 Å². The van der Waals surface area contributed by atoms with Crippen LogP contribution in [0.25, 0.3) is 0 Å². The van der Waals surface area contributed by atoms with Crippen LogP contribution in [0, 0.1) is 13.8 Å². The second-order valence-corrected chi connectivity index (χ2v) is 10.0. The summed E-state index contributed by atoms with van der Waals surface area (Å²) in [5.41, 5.74) is 2.74. The summed E-state index contributed by atoms with van der Waals surface area (Å²) in [5.74, 6) is 0.114. The topological polar surface area (TPSA) is 126 Å². The molecule has 0 saturated heterocycles. The average molecular weight is 516 g/mol. The first-order chi connectivity index (χ1) is 17.3. The first-order valence-corrected chi connectivity index (χ1v) is 13.0. The third-order valence-corrected chi connectivity index (χ3v) is 7.17. The smallest absolute Gasteiger partial charge is 0.326 e. The third-order valence-electron chi connectivity index (χ3n) is 6.90. The summed E-state index contributed by atoms with van der Waals surface area (Å²) in [6.07, 6.45) is 6.25. The molecule has 0 unspecified atom stereocenters. The van der Waals surface area contributed by atoms with Gasteiger partial charge in [0, 0.05) is 43.1 Å². The van der Waals surface area contributed by atoms with Crippen LogP contribution in [-0.4, -0.2) is 57.7 Å². The van der Waals surface area contributed by atoms with Gasteiger partial charge in [0.15, 0.2) is 0 Å². The first-order valence-electron chi connectivity index (χ1n) is 12.7. The molecule has 10 heteroatoms. The number of ether oxygens (including phenoxy) is 1. The number of carboxylic acid groups (broad SMARTS) is 1. The van der Waals surface area contributed by atoms with E-state index >= 15 is 0 Å². The summed E-state index contributed by atoms with van der Waals surface area (Å²) in [6.45, 7) is 5.29. The molecule has 4 rings (SSSR count). The molecule has 3 heterocycles. The van der Waals surface area contributed by atoms with Crippen molar-refractivity contribution in [2.45, 2.75) is 76.7 Å². The Balaban J connectivity index is 1.20. The maximum absolute atomic E-state index is 13.1. The number of hydrogen-bond acceptors (Lipinski definition) is 7. The molecule has 2 aliphatic rings. The normalized spacial score (nSPS) is 16.5. The van der Waals surface area contributed by atoms with Crippen LogP contribution in [0.5, 0.6) is 0 Å². The molecule has 0 bridgehead atoms.